The molecule has 0 N–H and O–H groups in total. The van der Waals surface area contributed by atoms with Gasteiger partial charge in [-0.05, 0) is 18.6 Å². The lowest BCUT2D eigenvalue weighted by atomic mass is 10.2. The molecule has 1 aromatic rings. The van der Waals surface area contributed by atoms with E-state index < -0.39 is 0 Å². The van der Waals surface area contributed by atoms with Crippen molar-refractivity contribution in [3.63, 3.8) is 0 Å². The number of nitrogens with zero attached hydrogens (tertiary/aromatic N) is 1. The molecule has 0 saturated carbocycles. The zero-order valence-electron chi connectivity index (χ0n) is 8.66. The number of hydrogen-bond donors (Lipinski definition) is 0. The van der Waals surface area contributed by atoms with Crippen LogP contribution in [0.1, 0.15) is 18.9 Å². The maximum atomic E-state index is 8.70. The Morgan fingerprint density at radius 2 is 2.20 bits per heavy atom. The molecule has 0 aliphatic heterocycles. The molecule has 4 heteroatoms. The summed E-state index contributed by atoms with van der Waals surface area (Å²) in [5.74, 6) is 1.08. The molecule has 1 unspecified atom stereocenters. The highest BCUT2D eigenvalue weighted by molar-refractivity contribution is 6.19. The van der Waals surface area contributed by atoms with Crippen molar-refractivity contribution in [2.75, 3.05) is 7.11 Å². The Kier molecular flexibility index (Phi) is 4.26. The van der Waals surface area contributed by atoms with E-state index in [2.05, 4.69) is 0 Å². The second-order valence-corrected chi connectivity index (χ2v) is 3.40. The maximum absolute atomic E-state index is 8.70. The van der Waals surface area contributed by atoms with Gasteiger partial charge in [-0.1, -0.05) is 18.5 Å². The summed E-state index contributed by atoms with van der Waals surface area (Å²) in [6.07, 6.45) is 0.699. The third kappa shape index (κ3) is 3.03. The number of nitriles is 1. The summed E-state index contributed by atoms with van der Waals surface area (Å²) in [5, 5.41) is 8.70. The molecule has 0 aliphatic rings. The van der Waals surface area contributed by atoms with E-state index in [1.165, 1.54) is 7.11 Å². The van der Waals surface area contributed by atoms with Gasteiger partial charge in [-0.25, -0.2) is 0 Å². The minimum atomic E-state index is -0.383. The molecule has 0 aromatic heterocycles. The molecule has 0 heterocycles. The first-order valence-corrected chi connectivity index (χ1v) is 5.03. The van der Waals surface area contributed by atoms with Crippen LogP contribution in [0.4, 0.5) is 0 Å². The van der Waals surface area contributed by atoms with E-state index in [1.807, 2.05) is 13.0 Å². The van der Waals surface area contributed by atoms with Crippen LogP contribution >= 0.6 is 11.6 Å². The SMILES string of the molecule is CCC(Cl)Oc1ccc(C#N)cc1OC. The zero-order valence-corrected chi connectivity index (χ0v) is 9.41. The molecule has 15 heavy (non-hydrogen) atoms. The van der Waals surface area contributed by atoms with Crippen molar-refractivity contribution in [2.45, 2.75) is 18.9 Å². The normalized spacial score (nSPS) is 11.6. The molecule has 0 bridgehead atoms. The number of halogens is 1. The van der Waals surface area contributed by atoms with Crippen molar-refractivity contribution in [1.29, 1.82) is 5.26 Å². The van der Waals surface area contributed by atoms with Crippen LogP contribution in [0.15, 0.2) is 18.2 Å². The number of ether oxygens (including phenoxy) is 2. The molecule has 1 rings (SSSR count). The maximum Gasteiger partial charge on any atom is 0.172 e. The Labute approximate surface area is 94.2 Å². The lowest BCUT2D eigenvalue weighted by Gasteiger charge is -2.13. The topological polar surface area (TPSA) is 42.2 Å². The van der Waals surface area contributed by atoms with Crippen molar-refractivity contribution < 1.29 is 9.47 Å². The number of rotatable bonds is 4. The highest BCUT2D eigenvalue weighted by atomic mass is 35.5. The first kappa shape index (κ1) is 11.7. The monoisotopic (exact) mass is 225 g/mol. The minimum absolute atomic E-state index is 0.383. The van der Waals surface area contributed by atoms with Gasteiger partial charge in [-0.15, -0.1) is 0 Å². The van der Waals surface area contributed by atoms with Gasteiger partial charge in [0.15, 0.2) is 17.1 Å². The zero-order chi connectivity index (χ0) is 11.3. The number of benzene rings is 1. The fourth-order valence-electron chi connectivity index (χ4n) is 1.06. The second kappa shape index (κ2) is 5.47. The van der Waals surface area contributed by atoms with Crippen LogP contribution in [0.5, 0.6) is 11.5 Å². The fraction of sp³-hybridized carbons (Fsp3) is 0.364. The predicted molar refractivity (Wildman–Crippen MR) is 58.3 cm³/mol. The Morgan fingerprint density at radius 3 is 2.73 bits per heavy atom. The van der Waals surface area contributed by atoms with Gasteiger partial charge in [0, 0.05) is 6.07 Å². The van der Waals surface area contributed by atoms with E-state index >= 15 is 0 Å². The standard InChI is InChI=1S/C11H12ClNO2/c1-3-11(12)15-9-5-4-8(7-13)6-10(9)14-2/h4-6,11H,3H2,1-2H3. The van der Waals surface area contributed by atoms with Crippen LogP contribution in [0.25, 0.3) is 0 Å². The summed E-state index contributed by atoms with van der Waals surface area (Å²) in [7, 11) is 1.53. The van der Waals surface area contributed by atoms with E-state index in [9.17, 15) is 0 Å². The summed E-state index contributed by atoms with van der Waals surface area (Å²) < 4.78 is 10.5. The van der Waals surface area contributed by atoms with Crippen molar-refractivity contribution in [1.82, 2.24) is 0 Å². The lowest BCUT2D eigenvalue weighted by molar-refractivity contribution is 0.261. The van der Waals surface area contributed by atoms with Gasteiger partial charge in [0.2, 0.25) is 0 Å². The van der Waals surface area contributed by atoms with E-state index in [4.69, 9.17) is 26.3 Å². The van der Waals surface area contributed by atoms with Crippen LogP contribution < -0.4 is 9.47 Å². The van der Waals surface area contributed by atoms with Crippen LogP contribution in [0.3, 0.4) is 0 Å². The average Bonchev–Trinajstić information content (AvgIpc) is 2.29. The highest BCUT2D eigenvalue weighted by Gasteiger charge is 2.09. The van der Waals surface area contributed by atoms with Gasteiger partial charge in [0.1, 0.15) is 0 Å². The Bertz CT molecular complexity index is 373. The quantitative estimate of drug-likeness (QED) is 0.740. The molecule has 80 valence electrons. The highest BCUT2D eigenvalue weighted by Crippen LogP contribution is 2.29. The summed E-state index contributed by atoms with van der Waals surface area (Å²) in [5.41, 5.74) is 0.147. The van der Waals surface area contributed by atoms with Crippen LogP contribution in [0, 0.1) is 11.3 Å². The first-order valence-electron chi connectivity index (χ1n) is 4.60. The number of alkyl halides is 1. The molecule has 0 amide bonds. The molecule has 0 fully saturated rings. The summed E-state index contributed by atoms with van der Waals surface area (Å²) in [6.45, 7) is 1.92. The third-order valence-electron chi connectivity index (χ3n) is 1.87. The predicted octanol–water partition coefficient (Wildman–Crippen LogP) is 2.92. The first-order chi connectivity index (χ1) is 7.21. The van der Waals surface area contributed by atoms with Crippen LogP contribution in [0.2, 0.25) is 0 Å². The largest absolute Gasteiger partial charge is 0.493 e. The molecular weight excluding hydrogens is 214 g/mol. The molecular formula is C11H12ClNO2. The van der Waals surface area contributed by atoms with Gasteiger partial charge >= 0.3 is 0 Å². The molecule has 0 saturated heterocycles. The summed E-state index contributed by atoms with van der Waals surface area (Å²) in [6, 6.07) is 6.99. The second-order valence-electron chi connectivity index (χ2n) is 2.91. The number of methoxy groups -OCH3 is 1. The molecule has 0 radical (unpaired) electrons. The van der Waals surface area contributed by atoms with Gasteiger partial charge in [-0.3, -0.25) is 0 Å². The summed E-state index contributed by atoms with van der Waals surface area (Å²) >= 11 is 5.86. The Balaban J connectivity index is 2.93. The third-order valence-corrected chi connectivity index (χ3v) is 2.27. The van der Waals surface area contributed by atoms with E-state index in [-0.39, 0.29) is 5.56 Å². The summed E-state index contributed by atoms with van der Waals surface area (Å²) in [4.78, 5) is 0. The van der Waals surface area contributed by atoms with Crippen LogP contribution in [-0.4, -0.2) is 12.7 Å². The van der Waals surface area contributed by atoms with E-state index in [1.54, 1.807) is 18.2 Å². The Morgan fingerprint density at radius 1 is 1.47 bits per heavy atom. The van der Waals surface area contributed by atoms with Crippen molar-refractivity contribution in [3.05, 3.63) is 23.8 Å². The van der Waals surface area contributed by atoms with Gasteiger partial charge in [0.25, 0.3) is 0 Å². The van der Waals surface area contributed by atoms with Gasteiger partial charge in [-0.2, -0.15) is 5.26 Å². The van der Waals surface area contributed by atoms with Crippen LogP contribution in [-0.2, 0) is 0 Å². The Hall–Kier alpha value is -1.40. The lowest BCUT2D eigenvalue weighted by Crippen LogP contribution is -2.07. The molecule has 3 nitrogen and oxygen atoms in total. The molecule has 0 spiro atoms. The molecule has 1 aromatic carbocycles. The van der Waals surface area contributed by atoms with Crippen molar-refractivity contribution in [3.8, 4) is 17.6 Å². The van der Waals surface area contributed by atoms with E-state index in [0.717, 1.165) is 0 Å². The number of hydrogen-bond acceptors (Lipinski definition) is 3. The van der Waals surface area contributed by atoms with Gasteiger partial charge in [0.05, 0.1) is 18.7 Å². The minimum Gasteiger partial charge on any atom is -0.493 e. The fourth-order valence-corrected chi connectivity index (χ4v) is 1.15. The molecule has 1 atom stereocenters. The van der Waals surface area contributed by atoms with Crippen molar-refractivity contribution in [2.24, 2.45) is 0 Å². The smallest absolute Gasteiger partial charge is 0.172 e. The van der Waals surface area contributed by atoms with Gasteiger partial charge < -0.3 is 9.47 Å². The average molecular weight is 226 g/mol. The van der Waals surface area contributed by atoms with E-state index in [0.29, 0.717) is 23.5 Å². The molecule has 0 aliphatic carbocycles. The van der Waals surface area contributed by atoms with Crippen molar-refractivity contribution >= 4 is 11.6 Å².